The van der Waals surface area contributed by atoms with E-state index < -0.39 is 0 Å². The summed E-state index contributed by atoms with van der Waals surface area (Å²) in [7, 11) is 0. The maximum Gasteiger partial charge on any atom is 0.253 e. The van der Waals surface area contributed by atoms with Gasteiger partial charge in [0.25, 0.3) is 5.91 Å². The first kappa shape index (κ1) is 17.0. The van der Waals surface area contributed by atoms with Crippen LogP contribution < -0.4 is 10.6 Å². The number of para-hydroxylation sites is 1. The number of carbonyl (C=O) groups excluding carboxylic acids is 1. The number of aliphatic hydroxyl groups is 1. The van der Waals surface area contributed by atoms with Crippen LogP contribution in [0.2, 0.25) is 0 Å². The Hall–Kier alpha value is -2.40. The van der Waals surface area contributed by atoms with Gasteiger partial charge >= 0.3 is 0 Å². The van der Waals surface area contributed by atoms with Crippen molar-refractivity contribution in [3.05, 3.63) is 59.9 Å². The quantitative estimate of drug-likeness (QED) is 0.700. The van der Waals surface area contributed by atoms with E-state index in [0.717, 1.165) is 17.7 Å². The number of amides is 1. The first-order chi connectivity index (χ1) is 11.2. The van der Waals surface area contributed by atoms with E-state index in [1.807, 2.05) is 37.3 Å². The molecule has 0 radical (unpaired) electrons. The standard InChI is InChI=1S/C18H23N3O2/c1-2-15(9-11-22)21-18(23)16-7-3-4-8-17(16)20-13-14-6-5-10-19-12-14/h3-8,10,12,15,20,22H,2,9,11,13H2,1H3,(H,21,23). The minimum absolute atomic E-state index is 0.0149. The summed E-state index contributed by atoms with van der Waals surface area (Å²) in [5, 5.41) is 15.3. The number of nitrogens with one attached hydrogen (secondary N) is 2. The van der Waals surface area contributed by atoms with Crippen molar-refractivity contribution in [3.8, 4) is 0 Å². The summed E-state index contributed by atoms with van der Waals surface area (Å²) in [6, 6.07) is 11.3. The smallest absolute Gasteiger partial charge is 0.253 e. The summed E-state index contributed by atoms with van der Waals surface area (Å²) >= 11 is 0. The minimum Gasteiger partial charge on any atom is -0.396 e. The maximum absolute atomic E-state index is 12.5. The topological polar surface area (TPSA) is 74.2 Å². The first-order valence-electron chi connectivity index (χ1n) is 7.88. The third-order valence-electron chi connectivity index (χ3n) is 3.68. The molecule has 0 spiro atoms. The van der Waals surface area contributed by atoms with Crippen LogP contribution in [-0.2, 0) is 6.54 Å². The molecular weight excluding hydrogens is 290 g/mol. The molecule has 0 aliphatic rings. The summed E-state index contributed by atoms with van der Waals surface area (Å²) in [5.41, 5.74) is 2.44. The molecule has 122 valence electrons. The van der Waals surface area contributed by atoms with Gasteiger partial charge in [0.1, 0.15) is 0 Å². The molecule has 1 amide bonds. The average molecular weight is 313 g/mol. The van der Waals surface area contributed by atoms with E-state index >= 15 is 0 Å². The lowest BCUT2D eigenvalue weighted by Crippen LogP contribution is -2.35. The molecule has 0 aliphatic heterocycles. The molecule has 0 bridgehead atoms. The zero-order chi connectivity index (χ0) is 16.5. The predicted octanol–water partition coefficient (Wildman–Crippen LogP) is 2.58. The SMILES string of the molecule is CCC(CCO)NC(=O)c1ccccc1NCc1cccnc1. The molecule has 2 aromatic rings. The van der Waals surface area contributed by atoms with Gasteiger partial charge in [-0.1, -0.05) is 25.1 Å². The number of aliphatic hydroxyl groups excluding tert-OH is 1. The Bertz CT molecular complexity index is 617. The third kappa shape index (κ3) is 5.07. The Balaban J connectivity index is 2.05. The summed E-state index contributed by atoms with van der Waals surface area (Å²) < 4.78 is 0. The van der Waals surface area contributed by atoms with Gasteiger partial charge in [0.2, 0.25) is 0 Å². The van der Waals surface area contributed by atoms with Gasteiger partial charge in [-0.05, 0) is 36.6 Å². The summed E-state index contributed by atoms with van der Waals surface area (Å²) in [5.74, 6) is -0.125. The van der Waals surface area contributed by atoms with Crippen LogP contribution in [0.3, 0.4) is 0 Å². The Kier molecular flexibility index (Phi) is 6.56. The van der Waals surface area contributed by atoms with Crippen molar-refractivity contribution in [2.75, 3.05) is 11.9 Å². The molecule has 1 aromatic heterocycles. The van der Waals surface area contributed by atoms with Crippen molar-refractivity contribution in [1.82, 2.24) is 10.3 Å². The van der Waals surface area contributed by atoms with Gasteiger partial charge < -0.3 is 15.7 Å². The van der Waals surface area contributed by atoms with E-state index in [-0.39, 0.29) is 18.6 Å². The molecule has 0 saturated heterocycles. The molecule has 1 aromatic carbocycles. The second kappa shape index (κ2) is 8.90. The number of hydrogen-bond acceptors (Lipinski definition) is 4. The Morgan fingerprint density at radius 2 is 2.09 bits per heavy atom. The van der Waals surface area contributed by atoms with Gasteiger partial charge in [0.15, 0.2) is 0 Å². The molecular formula is C18H23N3O2. The molecule has 1 atom stereocenters. The third-order valence-corrected chi connectivity index (χ3v) is 3.68. The molecule has 3 N–H and O–H groups in total. The Morgan fingerprint density at radius 1 is 1.26 bits per heavy atom. The van der Waals surface area contributed by atoms with Crippen LogP contribution in [0.15, 0.2) is 48.8 Å². The molecule has 2 rings (SSSR count). The van der Waals surface area contributed by atoms with Gasteiger partial charge in [0, 0.05) is 37.3 Å². The van der Waals surface area contributed by atoms with E-state index in [1.54, 1.807) is 18.5 Å². The van der Waals surface area contributed by atoms with Crippen molar-refractivity contribution >= 4 is 11.6 Å². The second-order valence-corrected chi connectivity index (χ2v) is 5.35. The summed E-state index contributed by atoms with van der Waals surface area (Å²) in [6.45, 7) is 2.67. The van der Waals surface area contributed by atoms with Crippen LogP contribution >= 0.6 is 0 Å². The largest absolute Gasteiger partial charge is 0.396 e. The van der Waals surface area contributed by atoms with E-state index in [1.165, 1.54) is 0 Å². The zero-order valence-corrected chi connectivity index (χ0v) is 13.3. The van der Waals surface area contributed by atoms with Gasteiger partial charge in [-0.2, -0.15) is 0 Å². The number of aromatic nitrogens is 1. The Morgan fingerprint density at radius 3 is 2.78 bits per heavy atom. The van der Waals surface area contributed by atoms with Gasteiger partial charge in [0.05, 0.1) is 5.56 Å². The number of hydrogen-bond donors (Lipinski definition) is 3. The summed E-state index contributed by atoms with van der Waals surface area (Å²) in [4.78, 5) is 16.6. The van der Waals surface area contributed by atoms with Crippen molar-refractivity contribution in [2.24, 2.45) is 0 Å². The molecule has 1 heterocycles. The van der Waals surface area contributed by atoms with Gasteiger partial charge in [-0.25, -0.2) is 0 Å². The van der Waals surface area contributed by atoms with E-state index in [9.17, 15) is 4.79 Å². The van der Waals surface area contributed by atoms with Gasteiger partial charge in [-0.3, -0.25) is 9.78 Å². The number of nitrogens with zero attached hydrogens (tertiary/aromatic N) is 1. The maximum atomic E-state index is 12.5. The van der Waals surface area contributed by atoms with Crippen LogP contribution in [-0.4, -0.2) is 28.6 Å². The van der Waals surface area contributed by atoms with E-state index in [4.69, 9.17) is 5.11 Å². The lowest BCUT2D eigenvalue weighted by atomic mass is 10.1. The minimum atomic E-state index is -0.125. The highest BCUT2D eigenvalue weighted by molar-refractivity contribution is 5.99. The lowest BCUT2D eigenvalue weighted by molar-refractivity contribution is 0.0930. The van der Waals surface area contributed by atoms with Crippen molar-refractivity contribution in [2.45, 2.75) is 32.4 Å². The average Bonchev–Trinajstić information content (AvgIpc) is 2.60. The highest BCUT2D eigenvalue weighted by Gasteiger charge is 2.14. The van der Waals surface area contributed by atoms with Crippen LogP contribution in [0.5, 0.6) is 0 Å². The van der Waals surface area contributed by atoms with E-state index in [2.05, 4.69) is 15.6 Å². The number of benzene rings is 1. The molecule has 1 unspecified atom stereocenters. The highest BCUT2D eigenvalue weighted by atomic mass is 16.3. The van der Waals surface area contributed by atoms with Crippen molar-refractivity contribution < 1.29 is 9.90 Å². The molecule has 5 heteroatoms. The van der Waals surface area contributed by atoms with E-state index in [0.29, 0.717) is 18.5 Å². The fourth-order valence-corrected chi connectivity index (χ4v) is 2.33. The number of rotatable bonds is 8. The molecule has 0 aliphatic carbocycles. The summed E-state index contributed by atoms with van der Waals surface area (Å²) in [6.07, 6.45) is 4.88. The zero-order valence-electron chi connectivity index (χ0n) is 13.3. The van der Waals surface area contributed by atoms with Crippen LogP contribution in [0.4, 0.5) is 5.69 Å². The van der Waals surface area contributed by atoms with Crippen molar-refractivity contribution in [3.63, 3.8) is 0 Å². The second-order valence-electron chi connectivity index (χ2n) is 5.35. The number of anilines is 1. The van der Waals surface area contributed by atoms with Gasteiger partial charge in [-0.15, -0.1) is 0 Å². The van der Waals surface area contributed by atoms with Crippen LogP contribution in [0.25, 0.3) is 0 Å². The Labute approximate surface area is 136 Å². The van der Waals surface area contributed by atoms with Crippen LogP contribution in [0.1, 0.15) is 35.7 Å². The number of carbonyl (C=O) groups is 1. The highest BCUT2D eigenvalue weighted by Crippen LogP contribution is 2.16. The fourth-order valence-electron chi connectivity index (χ4n) is 2.33. The van der Waals surface area contributed by atoms with Crippen molar-refractivity contribution in [1.29, 1.82) is 0 Å². The number of pyridine rings is 1. The lowest BCUT2D eigenvalue weighted by Gasteiger charge is -2.17. The molecule has 0 saturated carbocycles. The fraction of sp³-hybridized carbons (Fsp3) is 0.333. The monoisotopic (exact) mass is 313 g/mol. The molecule has 5 nitrogen and oxygen atoms in total. The molecule has 23 heavy (non-hydrogen) atoms. The van der Waals surface area contributed by atoms with Crippen LogP contribution in [0, 0.1) is 0 Å². The predicted molar refractivity (Wildman–Crippen MR) is 91.3 cm³/mol. The first-order valence-corrected chi connectivity index (χ1v) is 7.88. The normalized spacial score (nSPS) is 11.7. The molecule has 0 fully saturated rings.